The molecule has 0 amide bonds. The minimum absolute atomic E-state index is 0.340. The fraction of sp³-hybridized carbons (Fsp3) is 0.419. The van der Waals surface area contributed by atoms with E-state index in [0.29, 0.717) is 0 Å². The Morgan fingerprint density at radius 3 is 1.36 bits per heavy atom. The lowest BCUT2D eigenvalue weighted by molar-refractivity contribution is 0.158. The topological polar surface area (TPSA) is 9.23 Å². The molecule has 0 aliphatic rings. The van der Waals surface area contributed by atoms with Gasteiger partial charge in [-0.15, -0.1) is 0 Å². The highest BCUT2D eigenvalue weighted by Crippen LogP contribution is 2.61. The lowest BCUT2D eigenvalue weighted by Crippen LogP contribution is -2.40. The van der Waals surface area contributed by atoms with E-state index in [2.05, 4.69) is 6.92 Å². The lowest BCUT2D eigenvalue weighted by Gasteiger charge is -2.34. The van der Waals surface area contributed by atoms with Crippen molar-refractivity contribution in [1.29, 1.82) is 0 Å². The number of ether oxygens (including phenoxy) is 1. The summed E-state index contributed by atoms with van der Waals surface area (Å²) in [4.78, 5) is 0. The van der Waals surface area contributed by atoms with Crippen molar-refractivity contribution in [2.45, 2.75) is 77.0 Å². The molecule has 1 unspecified atom stereocenters. The van der Waals surface area contributed by atoms with Gasteiger partial charge in [0, 0.05) is 31.7 Å². The molecule has 0 bridgehead atoms. The molecule has 0 saturated carbocycles. The van der Waals surface area contributed by atoms with Crippen molar-refractivity contribution in [3.05, 3.63) is 90.2 Å². The summed E-state index contributed by atoms with van der Waals surface area (Å²) in [6.45, 7) is 2.23. The third kappa shape index (κ3) is 7.20. The van der Waals surface area contributed by atoms with Gasteiger partial charge in [0.15, 0.2) is 5.85 Å². The first kappa shape index (κ1) is 28.4. The van der Waals surface area contributed by atoms with E-state index in [0.717, 1.165) is 41.6 Å². The number of rotatable bonds is 15. The molecule has 5 heteroatoms. The zero-order chi connectivity index (χ0) is 25.8. The van der Waals surface area contributed by atoms with Crippen molar-refractivity contribution >= 4 is 23.2 Å². The number of halogens is 3. The monoisotopic (exact) mass is 515 g/mol. The van der Waals surface area contributed by atoms with Crippen LogP contribution in [0.5, 0.6) is 0 Å². The van der Waals surface area contributed by atoms with Crippen molar-refractivity contribution in [3.8, 4) is 0 Å². The zero-order valence-corrected chi connectivity index (χ0v) is 22.5. The first-order valence-corrected chi connectivity index (χ1v) is 15.1. The van der Waals surface area contributed by atoms with E-state index in [1.165, 1.54) is 74.9 Å². The van der Waals surface area contributed by atoms with Crippen LogP contribution in [0.2, 0.25) is 0 Å². The Balaban J connectivity index is 1.95. The molecule has 3 aromatic carbocycles. The summed E-state index contributed by atoms with van der Waals surface area (Å²) in [6, 6.07) is 19.3. The fourth-order valence-electron chi connectivity index (χ4n) is 5.13. The summed E-state index contributed by atoms with van der Waals surface area (Å²) in [5.74, 6) is -1.46. The normalized spacial score (nSPS) is 12.6. The van der Waals surface area contributed by atoms with Crippen LogP contribution in [0.4, 0.5) is 13.2 Å². The van der Waals surface area contributed by atoms with E-state index in [1.807, 2.05) is 18.2 Å². The van der Waals surface area contributed by atoms with Gasteiger partial charge < -0.3 is 4.74 Å². The van der Waals surface area contributed by atoms with Crippen LogP contribution in [0, 0.1) is 17.5 Å². The second kappa shape index (κ2) is 14.5. The average molecular weight is 516 g/mol. The number of benzene rings is 3. The van der Waals surface area contributed by atoms with Crippen LogP contribution in [0.1, 0.15) is 71.1 Å². The van der Waals surface area contributed by atoms with Gasteiger partial charge in [-0.25, -0.2) is 13.2 Å². The van der Waals surface area contributed by atoms with Gasteiger partial charge in [0.05, 0.1) is 0 Å². The summed E-state index contributed by atoms with van der Waals surface area (Å²) in [5.41, 5.74) is 0. The highest BCUT2D eigenvalue weighted by Gasteiger charge is 2.53. The molecule has 3 aromatic rings. The van der Waals surface area contributed by atoms with E-state index >= 15 is 0 Å². The zero-order valence-electron chi connectivity index (χ0n) is 21.6. The number of methoxy groups -OCH3 is 1. The third-order valence-electron chi connectivity index (χ3n) is 6.91. The number of hydrogen-bond acceptors (Lipinski definition) is 1. The predicted molar refractivity (Wildman–Crippen MR) is 148 cm³/mol. The fourth-order valence-corrected chi connectivity index (χ4v) is 9.85. The molecule has 1 atom stereocenters. The standard InChI is InChI=1S/C31H39F3OP/c1-3-4-5-6-7-8-9-10-11-21-31(35-2)36(28-18-12-15-25(32)22-28,29-19-13-16-26(33)23-29)30-20-14-17-27(34)24-30/h12-20,22-24,31H,3-11,21H2,1-2H3/q+1. The Kier molecular flexibility index (Phi) is 11.5. The van der Waals surface area contributed by atoms with Gasteiger partial charge in [0.2, 0.25) is 0 Å². The summed E-state index contributed by atoms with van der Waals surface area (Å²) < 4.78 is 49.9. The lowest BCUT2D eigenvalue weighted by atomic mass is 10.1. The van der Waals surface area contributed by atoms with Gasteiger partial charge in [0.1, 0.15) is 40.6 Å². The van der Waals surface area contributed by atoms with Crippen LogP contribution in [0.15, 0.2) is 72.8 Å². The van der Waals surface area contributed by atoms with Gasteiger partial charge >= 0.3 is 0 Å². The minimum atomic E-state index is -2.76. The molecule has 0 N–H and O–H groups in total. The summed E-state index contributed by atoms with van der Waals surface area (Å²) in [5, 5.41) is 2.17. The SMILES string of the molecule is CCCCCCCCCCCC(OC)[P+](c1cccc(F)c1)(c1cccc(F)c1)c1cccc(F)c1. The first-order chi connectivity index (χ1) is 17.5. The van der Waals surface area contributed by atoms with Crippen LogP contribution >= 0.6 is 7.26 Å². The van der Waals surface area contributed by atoms with Gasteiger partial charge in [0.25, 0.3) is 0 Å². The Labute approximate surface area is 215 Å². The van der Waals surface area contributed by atoms with Crippen molar-refractivity contribution < 1.29 is 17.9 Å². The van der Waals surface area contributed by atoms with Gasteiger partial charge in [-0.05, 0) is 42.8 Å². The summed E-state index contributed by atoms with van der Waals surface area (Å²) in [6.07, 6.45) is 11.6. The van der Waals surface area contributed by atoms with E-state index in [9.17, 15) is 13.2 Å². The second-order valence-corrected chi connectivity index (χ2v) is 13.0. The van der Waals surface area contributed by atoms with Gasteiger partial charge in [-0.3, -0.25) is 0 Å². The van der Waals surface area contributed by atoms with Crippen LogP contribution in [0.3, 0.4) is 0 Å². The Bertz CT molecular complexity index is 960. The molecule has 0 aliphatic heterocycles. The molecular formula is C31H39F3OP+. The molecule has 0 saturated heterocycles. The van der Waals surface area contributed by atoms with Crippen molar-refractivity contribution in [2.24, 2.45) is 0 Å². The summed E-state index contributed by atoms with van der Waals surface area (Å²) in [7, 11) is -1.10. The molecule has 36 heavy (non-hydrogen) atoms. The minimum Gasteiger partial charge on any atom is -0.346 e. The number of hydrogen-bond donors (Lipinski definition) is 0. The van der Waals surface area contributed by atoms with Crippen molar-refractivity contribution in [3.63, 3.8) is 0 Å². The smallest absolute Gasteiger partial charge is 0.180 e. The molecule has 194 valence electrons. The predicted octanol–water partition coefficient (Wildman–Crippen LogP) is 8.29. The summed E-state index contributed by atoms with van der Waals surface area (Å²) >= 11 is 0. The van der Waals surface area contributed by atoms with Gasteiger partial charge in [-0.2, -0.15) is 0 Å². The van der Waals surface area contributed by atoms with Crippen molar-refractivity contribution in [1.82, 2.24) is 0 Å². The highest BCUT2D eigenvalue weighted by molar-refractivity contribution is 7.96. The maximum absolute atomic E-state index is 14.6. The van der Waals surface area contributed by atoms with Gasteiger partial charge in [-0.1, -0.05) is 76.5 Å². The Hall–Kier alpha value is -2.16. The number of unbranched alkanes of at least 4 members (excludes halogenated alkanes) is 8. The largest absolute Gasteiger partial charge is 0.346 e. The maximum atomic E-state index is 14.6. The molecule has 0 fully saturated rings. The average Bonchev–Trinajstić information content (AvgIpc) is 2.87. The van der Waals surface area contributed by atoms with Crippen LogP contribution in [-0.2, 0) is 4.74 Å². The molecule has 1 nitrogen and oxygen atoms in total. The van der Waals surface area contributed by atoms with E-state index in [4.69, 9.17) is 4.74 Å². The van der Waals surface area contributed by atoms with Crippen LogP contribution in [0.25, 0.3) is 0 Å². The molecule has 0 aliphatic carbocycles. The Morgan fingerprint density at radius 2 is 1.00 bits per heavy atom. The molecule has 0 aromatic heterocycles. The molecule has 0 spiro atoms. The van der Waals surface area contributed by atoms with Crippen LogP contribution in [-0.4, -0.2) is 13.0 Å². The van der Waals surface area contributed by atoms with E-state index in [-0.39, 0.29) is 23.3 Å². The molecular weight excluding hydrogens is 476 g/mol. The van der Waals surface area contributed by atoms with Crippen LogP contribution < -0.4 is 15.9 Å². The molecule has 0 radical (unpaired) electrons. The second-order valence-electron chi connectivity index (χ2n) is 9.47. The van der Waals surface area contributed by atoms with Crippen molar-refractivity contribution in [2.75, 3.05) is 7.11 Å². The van der Waals surface area contributed by atoms with E-state index < -0.39 is 7.26 Å². The quantitative estimate of drug-likeness (QED) is 0.146. The third-order valence-corrected chi connectivity index (χ3v) is 11.5. The van der Waals surface area contributed by atoms with E-state index in [1.54, 1.807) is 25.3 Å². The Morgan fingerprint density at radius 1 is 0.611 bits per heavy atom. The maximum Gasteiger partial charge on any atom is 0.180 e. The molecule has 0 heterocycles. The highest BCUT2D eigenvalue weighted by atomic mass is 31.2. The first-order valence-electron chi connectivity index (χ1n) is 13.2. The molecule has 3 rings (SSSR count).